The summed E-state index contributed by atoms with van der Waals surface area (Å²) in [6.45, 7) is 0. The van der Waals surface area contributed by atoms with Gasteiger partial charge in [0.1, 0.15) is 5.82 Å². The van der Waals surface area contributed by atoms with E-state index in [4.69, 9.17) is 0 Å². The Morgan fingerprint density at radius 1 is 1.40 bits per heavy atom. The predicted molar refractivity (Wildman–Crippen MR) is 52.1 cm³/mol. The van der Waals surface area contributed by atoms with Gasteiger partial charge in [-0.15, -0.1) is 0 Å². The molecule has 0 aliphatic rings. The van der Waals surface area contributed by atoms with Crippen LogP contribution in [0.25, 0.3) is 0 Å². The summed E-state index contributed by atoms with van der Waals surface area (Å²) in [5, 5.41) is 9.44. The monoisotopic (exact) mass is 224 g/mol. The van der Waals surface area contributed by atoms with Crippen molar-refractivity contribution in [1.82, 2.24) is 14.8 Å². The zero-order chi connectivity index (χ0) is 10.7. The van der Waals surface area contributed by atoms with Gasteiger partial charge in [0, 0.05) is 11.5 Å². The highest BCUT2D eigenvalue weighted by atomic mass is 32.1. The standard InChI is InChI=1S/C8H5FN4OS/c9-6-4-2-1-3-5(6)7(14)10-8-11-12-13-15-8/h1-4H,(H,10,11,13,14). The molecule has 1 aromatic carbocycles. The molecule has 0 fully saturated rings. The third-order valence-corrected chi connectivity index (χ3v) is 2.15. The van der Waals surface area contributed by atoms with Crippen molar-refractivity contribution >= 4 is 22.6 Å². The molecule has 0 saturated carbocycles. The SMILES string of the molecule is O=C(Nc1nnns1)c1ccccc1F. The van der Waals surface area contributed by atoms with Gasteiger partial charge in [0.05, 0.1) is 5.56 Å². The average molecular weight is 224 g/mol. The first-order chi connectivity index (χ1) is 7.27. The Balaban J connectivity index is 2.19. The van der Waals surface area contributed by atoms with Crippen LogP contribution in [0.4, 0.5) is 9.52 Å². The summed E-state index contributed by atoms with van der Waals surface area (Å²) in [5.74, 6) is -1.14. The van der Waals surface area contributed by atoms with Crippen molar-refractivity contribution in [2.45, 2.75) is 0 Å². The summed E-state index contributed by atoms with van der Waals surface area (Å²) < 4.78 is 16.6. The zero-order valence-corrected chi connectivity index (χ0v) is 8.16. The quantitative estimate of drug-likeness (QED) is 0.835. The lowest BCUT2D eigenvalue weighted by Crippen LogP contribution is -2.13. The van der Waals surface area contributed by atoms with Crippen molar-refractivity contribution < 1.29 is 9.18 Å². The number of hydrogen-bond donors (Lipinski definition) is 1. The van der Waals surface area contributed by atoms with Gasteiger partial charge < -0.3 is 0 Å². The molecule has 2 aromatic rings. The van der Waals surface area contributed by atoms with E-state index in [9.17, 15) is 9.18 Å². The molecule has 0 aliphatic heterocycles. The van der Waals surface area contributed by atoms with Gasteiger partial charge in [0.2, 0.25) is 5.13 Å². The molecular formula is C8H5FN4OS. The number of aromatic nitrogens is 3. The number of halogens is 1. The number of nitrogens with zero attached hydrogens (tertiary/aromatic N) is 3. The number of carbonyl (C=O) groups excluding carboxylic acids is 1. The molecule has 0 spiro atoms. The lowest BCUT2D eigenvalue weighted by Gasteiger charge is -2.00. The molecule has 1 aromatic heterocycles. The van der Waals surface area contributed by atoms with Gasteiger partial charge in [0.25, 0.3) is 5.91 Å². The second kappa shape index (κ2) is 4.09. The van der Waals surface area contributed by atoms with Crippen LogP contribution in [0.2, 0.25) is 0 Å². The largest absolute Gasteiger partial charge is 0.295 e. The van der Waals surface area contributed by atoms with Crippen LogP contribution < -0.4 is 5.32 Å². The average Bonchev–Trinajstić information content (AvgIpc) is 2.71. The summed E-state index contributed by atoms with van der Waals surface area (Å²) in [6, 6.07) is 5.70. The number of anilines is 1. The Kier molecular flexibility index (Phi) is 2.64. The molecule has 76 valence electrons. The van der Waals surface area contributed by atoms with Crippen molar-refractivity contribution in [3.8, 4) is 0 Å². The van der Waals surface area contributed by atoms with Gasteiger partial charge in [-0.1, -0.05) is 21.7 Å². The maximum absolute atomic E-state index is 13.2. The Morgan fingerprint density at radius 2 is 2.20 bits per heavy atom. The molecule has 0 aliphatic carbocycles. The van der Waals surface area contributed by atoms with Crippen LogP contribution in [0, 0.1) is 5.82 Å². The smallest absolute Gasteiger partial charge is 0.260 e. The minimum absolute atomic E-state index is 0.0345. The second-order valence-corrected chi connectivity index (χ2v) is 3.33. The lowest BCUT2D eigenvalue weighted by molar-refractivity contribution is 0.102. The van der Waals surface area contributed by atoms with E-state index in [1.165, 1.54) is 18.2 Å². The second-order valence-electron chi connectivity index (χ2n) is 2.60. The van der Waals surface area contributed by atoms with E-state index in [1.807, 2.05) is 0 Å². The normalized spacial score (nSPS) is 9.93. The highest BCUT2D eigenvalue weighted by Gasteiger charge is 2.12. The Bertz CT molecular complexity index is 473. The molecule has 0 radical (unpaired) electrons. The maximum Gasteiger partial charge on any atom is 0.260 e. The predicted octanol–water partition coefficient (Wildman–Crippen LogP) is 1.32. The molecule has 0 atom stereocenters. The Morgan fingerprint density at radius 3 is 2.87 bits per heavy atom. The van der Waals surface area contributed by atoms with Crippen LogP contribution in [0.5, 0.6) is 0 Å². The summed E-state index contributed by atoms with van der Waals surface area (Å²) in [4.78, 5) is 11.5. The van der Waals surface area contributed by atoms with E-state index in [-0.39, 0.29) is 10.7 Å². The van der Waals surface area contributed by atoms with Gasteiger partial charge in [0.15, 0.2) is 0 Å². The summed E-state index contributed by atoms with van der Waals surface area (Å²) in [6.07, 6.45) is 0. The Hall–Kier alpha value is -1.89. The minimum Gasteiger partial charge on any atom is -0.295 e. The number of benzene rings is 1. The number of hydrogen-bond acceptors (Lipinski definition) is 5. The van der Waals surface area contributed by atoms with Gasteiger partial charge in [-0.25, -0.2) is 4.39 Å². The molecule has 1 amide bonds. The van der Waals surface area contributed by atoms with Gasteiger partial charge >= 0.3 is 0 Å². The minimum atomic E-state index is -0.576. The van der Waals surface area contributed by atoms with Crippen LogP contribution in [-0.4, -0.2) is 20.7 Å². The van der Waals surface area contributed by atoms with Crippen molar-refractivity contribution in [2.75, 3.05) is 5.32 Å². The molecule has 15 heavy (non-hydrogen) atoms. The first-order valence-corrected chi connectivity index (χ1v) is 4.75. The molecule has 1 N–H and O–H groups in total. The van der Waals surface area contributed by atoms with Crippen molar-refractivity contribution in [3.05, 3.63) is 35.6 Å². The molecular weight excluding hydrogens is 219 g/mol. The molecule has 0 unspecified atom stereocenters. The lowest BCUT2D eigenvalue weighted by atomic mass is 10.2. The topological polar surface area (TPSA) is 67.8 Å². The molecule has 5 nitrogen and oxygen atoms in total. The van der Waals surface area contributed by atoms with Crippen LogP contribution in [0.3, 0.4) is 0 Å². The van der Waals surface area contributed by atoms with Crippen molar-refractivity contribution in [3.63, 3.8) is 0 Å². The van der Waals surface area contributed by atoms with E-state index in [0.29, 0.717) is 0 Å². The van der Waals surface area contributed by atoms with E-state index in [1.54, 1.807) is 6.07 Å². The highest BCUT2D eigenvalue weighted by molar-refractivity contribution is 7.09. The van der Waals surface area contributed by atoms with E-state index >= 15 is 0 Å². The van der Waals surface area contributed by atoms with Crippen molar-refractivity contribution in [1.29, 1.82) is 0 Å². The third kappa shape index (κ3) is 2.13. The van der Waals surface area contributed by atoms with Gasteiger partial charge in [-0.3, -0.25) is 10.1 Å². The molecule has 0 bridgehead atoms. The third-order valence-electron chi connectivity index (χ3n) is 1.64. The van der Waals surface area contributed by atoms with E-state index < -0.39 is 11.7 Å². The molecule has 2 rings (SSSR count). The molecule has 1 heterocycles. The number of nitrogens with one attached hydrogen (secondary N) is 1. The molecule has 0 saturated heterocycles. The van der Waals surface area contributed by atoms with E-state index in [0.717, 1.165) is 11.5 Å². The zero-order valence-electron chi connectivity index (χ0n) is 7.35. The van der Waals surface area contributed by atoms with Gasteiger partial charge in [-0.05, 0) is 17.3 Å². The number of amides is 1. The summed E-state index contributed by atoms with van der Waals surface area (Å²) in [7, 11) is 0. The molecule has 7 heteroatoms. The first kappa shape index (κ1) is 9.66. The summed E-state index contributed by atoms with van der Waals surface area (Å²) in [5.41, 5.74) is -0.0345. The fourth-order valence-corrected chi connectivity index (χ4v) is 1.35. The van der Waals surface area contributed by atoms with Gasteiger partial charge in [-0.2, -0.15) is 0 Å². The maximum atomic E-state index is 13.2. The van der Waals surface area contributed by atoms with Crippen LogP contribution >= 0.6 is 11.5 Å². The van der Waals surface area contributed by atoms with E-state index in [2.05, 4.69) is 20.1 Å². The van der Waals surface area contributed by atoms with Crippen LogP contribution in [-0.2, 0) is 0 Å². The summed E-state index contributed by atoms with van der Waals surface area (Å²) >= 11 is 0.925. The number of carbonyl (C=O) groups is 1. The first-order valence-electron chi connectivity index (χ1n) is 3.98. The van der Waals surface area contributed by atoms with Crippen molar-refractivity contribution in [2.24, 2.45) is 0 Å². The fraction of sp³-hybridized carbons (Fsp3) is 0. The Labute approximate surface area is 88.1 Å². The number of rotatable bonds is 2. The van der Waals surface area contributed by atoms with Crippen LogP contribution in [0.15, 0.2) is 24.3 Å². The fourth-order valence-electron chi connectivity index (χ4n) is 0.992. The highest BCUT2D eigenvalue weighted by Crippen LogP contribution is 2.11. The van der Waals surface area contributed by atoms with Crippen LogP contribution in [0.1, 0.15) is 10.4 Å².